The van der Waals surface area contributed by atoms with Crippen LogP contribution in [0.5, 0.6) is 0 Å². The zero-order valence-corrected chi connectivity index (χ0v) is 14.8. The molecule has 3 aromatic heterocycles. The Morgan fingerprint density at radius 1 is 1.16 bits per heavy atom. The Morgan fingerprint density at radius 2 is 2.04 bits per heavy atom. The van der Waals surface area contributed by atoms with Crippen molar-refractivity contribution < 1.29 is 14.3 Å². The SMILES string of the molecule is O=C(NC[C@](O)(c1ccco1)c1cccs1)c1cc2ccccc2s1. The average molecular weight is 369 g/mol. The van der Waals surface area contributed by atoms with Crippen molar-refractivity contribution in [2.75, 3.05) is 6.54 Å². The van der Waals surface area contributed by atoms with Gasteiger partial charge in [-0.3, -0.25) is 4.79 Å². The van der Waals surface area contributed by atoms with E-state index in [1.807, 2.05) is 47.8 Å². The summed E-state index contributed by atoms with van der Waals surface area (Å²) in [5.41, 5.74) is -1.38. The number of nitrogens with one attached hydrogen (secondary N) is 1. The van der Waals surface area contributed by atoms with Crippen LogP contribution in [-0.4, -0.2) is 17.6 Å². The van der Waals surface area contributed by atoms with Crippen LogP contribution in [0.2, 0.25) is 0 Å². The van der Waals surface area contributed by atoms with E-state index < -0.39 is 5.60 Å². The van der Waals surface area contributed by atoms with E-state index in [0.29, 0.717) is 10.6 Å². The Hall–Kier alpha value is -2.41. The van der Waals surface area contributed by atoms with E-state index in [1.54, 1.807) is 12.1 Å². The molecule has 6 heteroatoms. The molecule has 25 heavy (non-hydrogen) atoms. The van der Waals surface area contributed by atoms with Crippen molar-refractivity contribution in [1.82, 2.24) is 5.32 Å². The van der Waals surface area contributed by atoms with E-state index in [0.717, 1.165) is 15.0 Å². The first-order valence-electron chi connectivity index (χ1n) is 7.74. The van der Waals surface area contributed by atoms with Gasteiger partial charge in [0.25, 0.3) is 5.91 Å². The van der Waals surface area contributed by atoms with Gasteiger partial charge in [0.1, 0.15) is 5.76 Å². The predicted octanol–water partition coefficient (Wildman–Crippen LogP) is 4.22. The predicted molar refractivity (Wildman–Crippen MR) is 100 cm³/mol. The number of hydrogen-bond donors (Lipinski definition) is 2. The highest BCUT2D eigenvalue weighted by atomic mass is 32.1. The minimum absolute atomic E-state index is 0.0358. The molecule has 1 aromatic carbocycles. The Morgan fingerprint density at radius 3 is 2.76 bits per heavy atom. The summed E-state index contributed by atoms with van der Waals surface area (Å²) in [6, 6.07) is 16.9. The number of fused-ring (bicyclic) bond motifs is 1. The highest BCUT2D eigenvalue weighted by molar-refractivity contribution is 7.20. The van der Waals surface area contributed by atoms with Gasteiger partial charge in [0.2, 0.25) is 0 Å². The fourth-order valence-corrected chi connectivity index (χ4v) is 4.52. The average Bonchev–Trinajstić information content (AvgIpc) is 3.40. The summed E-state index contributed by atoms with van der Waals surface area (Å²) in [4.78, 5) is 13.9. The summed E-state index contributed by atoms with van der Waals surface area (Å²) in [6.45, 7) is 0.0358. The summed E-state index contributed by atoms with van der Waals surface area (Å²) >= 11 is 2.86. The number of carbonyl (C=O) groups is 1. The third-order valence-corrected chi connectivity index (χ3v) is 6.15. The smallest absolute Gasteiger partial charge is 0.261 e. The molecule has 0 unspecified atom stereocenters. The van der Waals surface area contributed by atoms with Gasteiger partial charge in [0.05, 0.1) is 17.7 Å². The number of aliphatic hydroxyl groups is 1. The molecule has 0 saturated heterocycles. The topological polar surface area (TPSA) is 62.5 Å². The number of benzene rings is 1. The molecule has 4 rings (SSSR count). The monoisotopic (exact) mass is 369 g/mol. The molecule has 4 nitrogen and oxygen atoms in total. The largest absolute Gasteiger partial charge is 0.466 e. The lowest BCUT2D eigenvalue weighted by molar-refractivity contribution is 0.0555. The quantitative estimate of drug-likeness (QED) is 0.554. The van der Waals surface area contributed by atoms with Crippen LogP contribution in [0.25, 0.3) is 10.1 Å². The molecule has 1 amide bonds. The van der Waals surface area contributed by atoms with E-state index in [9.17, 15) is 9.90 Å². The standard InChI is InChI=1S/C19H15NO3S2/c21-18(15-11-13-5-1-2-6-14(13)25-15)20-12-19(22,16-7-3-9-23-16)17-8-4-10-24-17/h1-11,22H,12H2,(H,20,21)/t19-/m0/s1. The minimum Gasteiger partial charge on any atom is -0.466 e. The van der Waals surface area contributed by atoms with Crippen LogP contribution in [0.15, 0.2) is 70.7 Å². The van der Waals surface area contributed by atoms with Gasteiger partial charge >= 0.3 is 0 Å². The third-order valence-electron chi connectivity index (χ3n) is 4.01. The normalized spacial score (nSPS) is 13.6. The molecule has 4 aromatic rings. The summed E-state index contributed by atoms with van der Waals surface area (Å²) < 4.78 is 6.48. The van der Waals surface area contributed by atoms with E-state index in [4.69, 9.17) is 4.42 Å². The second kappa shape index (κ2) is 6.48. The maximum absolute atomic E-state index is 12.6. The fourth-order valence-electron chi connectivity index (χ4n) is 2.71. The molecule has 0 aliphatic carbocycles. The van der Waals surface area contributed by atoms with Crippen LogP contribution < -0.4 is 5.32 Å². The molecule has 0 spiro atoms. The summed E-state index contributed by atoms with van der Waals surface area (Å²) in [5.74, 6) is 0.203. The zero-order chi connectivity index (χ0) is 17.3. The van der Waals surface area contributed by atoms with E-state index >= 15 is 0 Å². The van der Waals surface area contributed by atoms with Gasteiger partial charge in [-0.2, -0.15) is 0 Å². The van der Waals surface area contributed by atoms with E-state index in [-0.39, 0.29) is 12.5 Å². The Kier molecular flexibility index (Phi) is 4.17. The van der Waals surface area contributed by atoms with Gasteiger partial charge in [-0.15, -0.1) is 22.7 Å². The summed E-state index contributed by atoms with van der Waals surface area (Å²) in [5, 5.41) is 16.9. The molecule has 2 N–H and O–H groups in total. The van der Waals surface area contributed by atoms with Gasteiger partial charge in [0, 0.05) is 9.58 Å². The lowest BCUT2D eigenvalue weighted by atomic mass is 9.98. The second-order valence-corrected chi connectivity index (χ2v) is 7.68. The number of hydrogen-bond acceptors (Lipinski definition) is 5. The van der Waals surface area contributed by atoms with Crippen molar-refractivity contribution >= 4 is 38.7 Å². The van der Waals surface area contributed by atoms with Crippen molar-refractivity contribution in [2.45, 2.75) is 5.60 Å². The highest BCUT2D eigenvalue weighted by Crippen LogP contribution is 2.33. The molecule has 0 aliphatic heterocycles. The maximum atomic E-state index is 12.6. The van der Waals surface area contributed by atoms with Crippen LogP contribution in [0.3, 0.4) is 0 Å². The number of carbonyl (C=O) groups excluding carboxylic acids is 1. The van der Waals surface area contributed by atoms with Gasteiger partial charge in [-0.05, 0) is 41.1 Å². The molecule has 0 saturated carbocycles. The van der Waals surface area contributed by atoms with Gasteiger partial charge in [-0.25, -0.2) is 0 Å². The highest BCUT2D eigenvalue weighted by Gasteiger charge is 2.36. The van der Waals surface area contributed by atoms with Crippen molar-refractivity contribution in [1.29, 1.82) is 0 Å². The molecule has 126 valence electrons. The Labute approximate surface area is 152 Å². The molecule has 0 aliphatic rings. The second-order valence-electron chi connectivity index (χ2n) is 5.65. The minimum atomic E-state index is -1.38. The lowest BCUT2D eigenvalue weighted by Crippen LogP contribution is -2.40. The first kappa shape index (κ1) is 16.1. The summed E-state index contributed by atoms with van der Waals surface area (Å²) in [7, 11) is 0. The first-order valence-corrected chi connectivity index (χ1v) is 9.43. The van der Waals surface area contributed by atoms with Crippen LogP contribution in [-0.2, 0) is 5.60 Å². The Balaban J connectivity index is 1.58. The fraction of sp³-hybridized carbons (Fsp3) is 0.105. The number of amides is 1. The summed E-state index contributed by atoms with van der Waals surface area (Å²) in [6.07, 6.45) is 1.52. The van der Waals surface area contributed by atoms with Gasteiger partial charge in [0.15, 0.2) is 5.60 Å². The number of rotatable bonds is 5. The number of thiophene rings is 2. The van der Waals surface area contributed by atoms with Crippen molar-refractivity contribution in [3.63, 3.8) is 0 Å². The first-order chi connectivity index (χ1) is 12.2. The van der Waals surface area contributed by atoms with Crippen molar-refractivity contribution in [3.8, 4) is 0 Å². The third kappa shape index (κ3) is 3.00. The molecule has 0 fully saturated rings. The van der Waals surface area contributed by atoms with Crippen LogP contribution >= 0.6 is 22.7 Å². The van der Waals surface area contributed by atoms with Crippen molar-refractivity contribution in [3.05, 3.63) is 81.8 Å². The van der Waals surface area contributed by atoms with Crippen LogP contribution in [0, 0.1) is 0 Å². The maximum Gasteiger partial charge on any atom is 0.261 e. The van der Waals surface area contributed by atoms with Gasteiger partial charge in [-0.1, -0.05) is 24.3 Å². The van der Waals surface area contributed by atoms with E-state index in [2.05, 4.69) is 5.32 Å². The van der Waals surface area contributed by atoms with Crippen molar-refractivity contribution in [2.24, 2.45) is 0 Å². The van der Waals surface area contributed by atoms with Crippen LogP contribution in [0.1, 0.15) is 20.3 Å². The molecule has 0 radical (unpaired) electrons. The van der Waals surface area contributed by atoms with Crippen LogP contribution in [0.4, 0.5) is 0 Å². The molecule has 0 bridgehead atoms. The lowest BCUT2D eigenvalue weighted by Gasteiger charge is -2.25. The zero-order valence-electron chi connectivity index (χ0n) is 13.1. The Bertz CT molecular complexity index is 920. The molecular formula is C19H15NO3S2. The van der Waals surface area contributed by atoms with Gasteiger partial charge < -0.3 is 14.8 Å². The molecular weight excluding hydrogens is 354 g/mol. The molecule has 3 heterocycles. The number of furan rings is 1. The molecule has 1 atom stereocenters. The van der Waals surface area contributed by atoms with E-state index in [1.165, 1.54) is 28.9 Å².